The molecular weight excluding hydrogens is 262 g/mol. The second kappa shape index (κ2) is 4.77. The van der Waals surface area contributed by atoms with Crippen LogP contribution in [0.1, 0.15) is 47.8 Å². The molecule has 0 atom stereocenters. The molecule has 0 aromatic carbocycles. The minimum Gasteiger partial charge on any atom is -0.339 e. The highest BCUT2D eigenvalue weighted by Gasteiger charge is 2.36. The van der Waals surface area contributed by atoms with Gasteiger partial charge in [-0.1, -0.05) is 19.0 Å². The summed E-state index contributed by atoms with van der Waals surface area (Å²) in [6.45, 7) is 5.38. The molecule has 0 radical (unpaired) electrons. The molecule has 1 amide bonds. The van der Waals surface area contributed by atoms with E-state index in [9.17, 15) is 4.79 Å². The van der Waals surface area contributed by atoms with Gasteiger partial charge in [-0.05, 0) is 11.4 Å². The van der Waals surface area contributed by atoms with Crippen molar-refractivity contribution >= 4 is 17.2 Å². The van der Waals surface area contributed by atoms with Crippen molar-refractivity contribution < 1.29 is 9.32 Å². The summed E-state index contributed by atoms with van der Waals surface area (Å²) in [6, 6.07) is 1.85. The molecule has 3 rings (SSSR count). The van der Waals surface area contributed by atoms with Gasteiger partial charge in [0.2, 0.25) is 5.89 Å². The SMILES string of the molecule is CC(C)c1noc(C2CN(C(=O)c3ccsc3)C2)n1. The van der Waals surface area contributed by atoms with Gasteiger partial charge in [0.25, 0.3) is 5.91 Å². The van der Waals surface area contributed by atoms with Gasteiger partial charge in [-0.2, -0.15) is 16.3 Å². The van der Waals surface area contributed by atoms with E-state index >= 15 is 0 Å². The summed E-state index contributed by atoms with van der Waals surface area (Å²) in [5.74, 6) is 1.92. The zero-order valence-corrected chi connectivity index (χ0v) is 11.7. The topological polar surface area (TPSA) is 59.2 Å². The maximum Gasteiger partial charge on any atom is 0.254 e. The Labute approximate surface area is 115 Å². The number of thiophene rings is 1. The lowest BCUT2D eigenvalue weighted by Gasteiger charge is -2.36. The molecule has 1 saturated heterocycles. The number of amides is 1. The van der Waals surface area contributed by atoms with Gasteiger partial charge in [0, 0.05) is 24.4 Å². The Hall–Kier alpha value is -1.69. The highest BCUT2D eigenvalue weighted by atomic mass is 32.1. The fourth-order valence-electron chi connectivity index (χ4n) is 2.02. The van der Waals surface area contributed by atoms with E-state index in [2.05, 4.69) is 10.1 Å². The second-order valence-electron chi connectivity index (χ2n) is 5.06. The summed E-state index contributed by atoms with van der Waals surface area (Å²) in [5, 5.41) is 7.74. The van der Waals surface area contributed by atoms with Crippen LogP contribution < -0.4 is 0 Å². The van der Waals surface area contributed by atoms with E-state index in [1.807, 2.05) is 35.6 Å². The van der Waals surface area contributed by atoms with Crippen molar-refractivity contribution in [3.8, 4) is 0 Å². The van der Waals surface area contributed by atoms with Gasteiger partial charge in [0.15, 0.2) is 5.82 Å². The summed E-state index contributed by atoms with van der Waals surface area (Å²) < 4.78 is 5.25. The highest BCUT2D eigenvalue weighted by Crippen LogP contribution is 2.28. The Morgan fingerprint density at radius 3 is 2.89 bits per heavy atom. The molecule has 3 heterocycles. The van der Waals surface area contributed by atoms with Crippen molar-refractivity contribution in [1.82, 2.24) is 15.0 Å². The van der Waals surface area contributed by atoms with E-state index in [1.165, 1.54) is 11.3 Å². The number of nitrogens with zero attached hydrogens (tertiary/aromatic N) is 3. The van der Waals surface area contributed by atoms with Crippen molar-refractivity contribution in [3.05, 3.63) is 34.1 Å². The number of aromatic nitrogens is 2. The molecule has 0 N–H and O–H groups in total. The Balaban J connectivity index is 1.62. The fourth-order valence-corrected chi connectivity index (χ4v) is 2.65. The molecule has 6 heteroatoms. The van der Waals surface area contributed by atoms with Crippen LogP contribution in [0.3, 0.4) is 0 Å². The van der Waals surface area contributed by atoms with Gasteiger partial charge in [-0.15, -0.1) is 0 Å². The van der Waals surface area contributed by atoms with E-state index < -0.39 is 0 Å². The Morgan fingerprint density at radius 1 is 1.53 bits per heavy atom. The third-order valence-electron chi connectivity index (χ3n) is 3.26. The maximum absolute atomic E-state index is 12.0. The lowest BCUT2D eigenvalue weighted by atomic mass is 9.99. The average Bonchev–Trinajstić information content (AvgIpc) is 2.98. The van der Waals surface area contributed by atoms with E-state index in [0.717, 1.165) is 11.4 Å². The van der Waals surface area contributed by atoms with Crippen molar-refractivity contribution in [2.75, 3.05) is 13.1 Å². The first-order valence-corrected chi connectivity index (χ1v) is 7.24. The molecule has 5 nitrogen and oxygen atoms in total. The summed E-state index contributed by atoms with van der Waals surface area (Å²) in [6.07, 6.45) is 0. The van der Waals surface area contributed by atoms with Crippen LogP contribution in [-0.4, -0.2) is 34.0 Å². The lowest BCUT2D eigenvalue weighted by Crippen LogP contribution is -2.48. The zero-order chi connectivity index (χ0) is 13.4. The van der Waals surface area contributed by atoms with Gasteiger partial charge in [0.1, 0.15) is 0 Å². The monoisotopic (exact) mass is 277 g/mol. The highest BCUT2D eigenvalue weighted by molar-refractivity contribution is 7.08. The molecule has 19 heavy (non-hydrogen) atoms. The number of hydrogen-bond donors (Lipinski definition) is 0. The Morgan fingerprint density at radius 2 is 2.32 bits per heavy atom. The van der Waals surface area contributed by atoms with Crippen LogP contribution in [0.15, 0.2) is 21.3 Å². The number of rotatable bonds is 3. The molecule has 1 aliphatic rings. The average molecular weight is 277 g/mol. The van der Waals surface area contributed by atoms with Crippen molar-refractivity contribution in [2.24, 2.45) is 0 Å². The standard InChI is InChI=1S/C13H15N3O2S/c1-8(2)11-14-12(18-15-11)10-5-16(6-10)13(17)9-3-4-19-7-9/h3-4,7-8,10H,5-6H2,1-2H3. The number of carbonyl (C=O) groups excluding carboxylic acids is 1. The largest absolute Gasteiger partial charge is 0.339 e. The predicted molar refractivity (Wildman–Crippen MR) is 71.4 cm³/mol. The first-order chi connectivity index (χ1) is 9.15. The molecule has 100 valence electrons. The number of likely N-dealkylation sites (tertiary alicyclic amines) is 1. The molecule has 1 aliphatic heterocycles. The van der Waals surface area contributed by atoms with Crippen molar-refractivity contribution in [2.45, 2.75) is 25.7 Å². The lowest BCUT2D eigenvalue weighted by molar-refractivity contribution is 0.0570. The minimum atomic E-state index is 0.0844. The molecular formula is C13H15N3O2S. The normalized spacial score (nSPS) is 15.8. The van der Waals surface area contributed by atoms with Crippen LogP contribution in [0.5, 0.6) is 0 Å². The quantitative estimate of drug-likeness (QED) is 0.865. The van der Waals surface area contributed by atoms with Crippen molar-refractivity contribution in [3.63, 3.8) is 0 Å². The van der Waals surface area contributed by atoms with Crippen LogP contribution in [-0.2, 0) is 0 Å². The molecule has 1 fully saturated rings. The van der Waals surface area contributed by atoms with E-state index in [4.69, 9.17) is 4.52 Å². The molecule has 0 spiro atoms. The predicted octanol–water partition coefficient (Wildman–Crippen LogP) is 2.49. The summed E-state index contributed by atoms with van der Waals surface area (Å²) in [7, 11) is 0. The van der Waals surface area contributed by atoms with Crippen LogP contribution >= 0.6 is 11.3 Å². The Kier molecular flexibility index (Phi) is 3.10. The molecule has 0 aliphatic carbocycles. The van der Waals surface area contributed by atoms with Gasteiger partial charge in [-0.3, -0.25) is 4.79 Å². The van der Waals surface area contributed by atoms with Gasteiger partial charge < -0.3 is 9.42 Å². The van der Waals surface area contributed by atoms with Crippen LogP contribution in [0, 0.1) is 0 Å². The van der Waals surface area contributed by atoms with Gasteiger partial charge in [-0.25, -0.2) is 0 Å². The first-order valence-electron chi connectivity index (χ1n) is 6.30. The third kappa shape index (κ3) is 2.28. The van der Waals surface area contributed by atoms with E-state index in [1.54, 1.807) is 0 Å². The smallest absolute Gasteiger partial charge is 0.254 e. The Bertz CT molecular complexity index is 570. The fraction of sp³-hybridized carbons (Fsp3) is 0.462. The molecule has 2 aromatic heterocycles. The number of carbonyl (C=O) groups is 1. The molecule has 2 aromatic rings. The summed E-state index contributed by atoms with van der Waals surface area (Å²) in [4.78, 5) is 18.2. The molecule has 0 saturated carbocycles. The van der Waals surface area contributed by atoms with Gasteiger partial charge >= 0.3 is 0 Å². The number of hydrogen-bond acceptors (Lipinski definition) is 5. The second-order valence-corrected chi connectivity index (χ2v) is 5.84. The van der Waals surface area contributed by atoms with Crippen molar-refractivity contribution in [1.29, 1.82) is 0 Å². The van der Waals surface area contributed by atoms with Crippen LogP contribution in [0.4, 0.5) is 0 Å². The van der Waals surface area contributed by atoms with Crippen LogP contribution in [0.2, 0.25) is 0 Å². The van der Waals surface area contributed by atoms with E-state index in [0.29, 0.717) is 19.0 Å². The minimum absolute atomic E-state index is 0.0844. The molecule has 0 unspecified atom stereocenters. The molecule has 0 bridgehead atoms. The van der Waals surface area contributed by atoms with Gasteiger partial charge in [0.05, 0.1) is 11.5 Å². The maximum atomic E-state index is 12.0. The summed E-state index contributed by atoms with van der Waals surface area (Å²) >= 11 is 1.54. The summed E-state index contributed by atoms with van der Waals surface area (Å²) in [5.41, 5.74) is 0.761. The van der Waals surface area contributed by atoms with Crippen LogP contribution in [0.25, 0.3) is 0 Å². The first kappa shape index (κ1) is 12.3. The third-order valence-corrected chi connectivity index (χ3v) is 3.94. The van der Waals surface area contributed by atoms with E-state index in [-0.39, 0.29) is 17.7 Å². The zero-order valence-electron chi connectivity index (χ0n) is 10.9.